The largest absolute Gasteiger partial charge is 0.355 e. The summed E-state index contributed by atoms with van der Waals surface area (Å²) in [4.78, 5) is 11.4. The van der Waals surface area contributed by atoms with Gasteiger partial charge in [0.25, 0.3) is 0 Å². The molecule has 88 valence electrons. The van der Waals surface area contributed by atoms with Crippen LogP contribution in [0.3, 0.4) is 0 Å². The maximum atomic E-state index is 11.4. The Hall–Kier alpha value is -0.620. The Morgan fingerprint density at radius 3 is 2.80 bits per heavy atom. The standard InChI is InChI=1S/C9H18N2O3S/c1-15(13,14)5-4-11-9(12)6-8-2-3-10-7-8/h8,10H,2-7H2,1H3,(H,11,12). The van der Waals surface area contributed by atoms with E-state index in [0.717, 1.165) is 19.5 Å². The summed E-state index contributed by atoms with van der Waals surface area (Å²) in [7, 11) is -2.97. The lowest BCUT2D eigenvalue weighted by atomic mass is 10.1. The number of carbonyl (C=O) groups excluding carboxylic acids is 1. The van der Waals surface area contributed by atoms with Gasteiger partial charge < -0.3 is 10.6 Å². The lowest BCUT2D eigenvalue weighted by Crippen LogP contribution is -2.30. The molecule has 1 saturated heterocycles. The molecule has 0 aromatic rings. The molecule has 0 radical (unpaired) electrons. The first-order valence-corrected chi connectivity index (χ1v) is 7.18. The van der Waals surface area contributed by atoms with E-state index in [1.165, 1.54) is 6.26 Å². The van der Waals surface area contributed by atoms with Crippen molar-refractivity contribution < 1.29 is 13.2 Å². The van der Waals surface area contributed by atoms with Gasteiger partial charge in [-0.15, -0.1) is 0 Å². The van der Waals surface area contributed by atoms with Gasteiger partial charge in [-0.3, -0.25) is 4.79 Å². The second-order valence-corrected chi connectivity index (χ2v) is 6.30. The van der Waals surface area contributed by atoms with Crippen molar-refractivity contribution in [3.63, 3.8) is 0 Å². The molecule has 1 heterocycles. The minimum atomic E-state index is -2.97. The molecule has 2 N–H and O–H groups in total. The molecule has 0 aliphatic carbocycles. The van der Waals surface area contributed by atoms with Crippen LogP contribution in [0.15, 0.2) is 0 Å². The maximum absolute atomic E-state index is 11.4. The summed E-state index contributed by atoms with van der Waals surface area (Å²) in [6.07, 6.45) is 2.69. The Morgan fingerprint density at radius 2 is 2.27 bits per heavy atom. The van der Waals surface area contributed by atoms with Gasteiger partial charge in [-0.2, -0.15) is 0 Å². The summed E-state index contributed by atoms with van der Waals surface area (Å²) >= 11 is 0. The molecule has 15 heavy (non-hydrogen) atoms. The van der Waals surface area contributed by atoms with E-state index in [4.69, 9.17) is 0 Å². The maximum Gasteiger partial charge on any atom is 0.220 e. The highest BCUT2D eigenvalue weighted by Gasteiger charge is 2.17. The van der Waals surface area contributed by atoms with Crippen molar-refractivity contribution in [2.24, 2.45) is 5.92 Å². The molecule has 1 aliphatic rings. The van der Waals surface area contributed by atoms with Gasteiger partial charge in [-0.05, 0) is 25.4 Å². The van der Waals surface area contributed by atoms with Crippen molar-refractivity contribution in [2.45, 2.75) is 12.8 Å². The zero-order valence-electron chi connectivity index (χ0n) is 8.95. The zero-order valence-corrected chi connectivity index (χ0v) is 9.77. The number of amides is 1. The monoisotopic (exact) mass is 234 g/mol. The van der Waals surface area contributed by atoms with Crippen molar-refractivity contribution in [3.05, 3.63) is 0 Å². The van der Waals surface area contributed by atoms with Crippen LogP contribution < -0.4 is 10.6 Å². The van der Waals surface area contributed by atoms with E-state index < -0.39 is 9.84 Å². The van der Waals surface area contributed by atoms with Crippen molar-refractivity contribution in [1.29, 1.82) is 0 Å². The van der Waals surface area contributed by atoms with Gasteiger partial charge in [0.2, 0.25) is 5.91 Å². The van der Waals surface area contributed by atoms with Gasteiger partial charge >= 0.3 is 0 Å². The topological polar surface area (TPSA) is 75.3 Å². The quantitative estimate of drug-likeness (QED) is 0.649. The summed E-state index contributed by atoms with van der Waals surface area (Å²) in [6, 6.07) is 0. The van der Waals surface area contributed by atoms with E-state index in [2.05, 4.69) is 10.6 Å². The van der Waals surface area contributed by atoms with Crippen LogP contribution in [0.1, 0.15) is 12.8 Å². The number of hydrogen-bond donors (Lipinski definition) is 2. The minimum Gasteiger partial charge on any atom is -0.355 e. The minimum absolute atomic E-state index is 0.0155. The van der Waals surface area contributed by atoms with Gasteiger partial charge in [-0.1, -0.05) is 0 Å². The Bertz CT molecular complexity index is 307. The van der Waals surface area contributed by atoms with Crippen LogP contribution in [-0.2, 0) is 14.6 Å². The normalized spacial score (nSPS) is 21.5. The van der Waals surface area contributed by atoms with Crippen LogP contribution >= 0.6 is 0 Å². The predicted molar refractivity (Wildman–Crippen MR) is 58.3 cm³/mol. The molecule has 0 bridgehead atoms. The summed E-state index contributed by atoms with van der Waals surface area (Å²) < 4.78 is 21.6. The fourth-order valence-electron chi connectivity index (χ4n) is 1.60. The number of carbonyl (C=O) groups is 1. The Labute approximate surface area is 90.5 Å². The SMILES string of the molecule is CS(=O)(=O)CCNC(=O)CC1CCNC1. The van der Waals surface area contributed by atoms with E-state index in [0.29, 0.717) is 12.3 Å². The molecule has 1 fully saturated rings. The van der Waals surface area contributed by atoms with Gasteiger partial charge in [-0.25, -0.2) is 8.42 Å². The average Bonchev–Trinajstić information content (AvgIpc) is 2.54. The molecule has 1 aliphatic heterocycles. The fourth-order valence-corrected chi connectivity index (χ4v) is 2.07. The molecular weight excluding hydrogens is 216 g/mol. The lowest BCUT2D eigenvalue weighted by Gasteiger charge is -2.08. The molecule has 0 aromatic heterocycles. The molecule has 5 nitrogen and oxygen atoms in total. The third kappa shape index (κ3) is 5.74. The third-order valence-electron chi connectivity index (χ3n) is 2.43. The molecule has 0 saturated carbocycles. The first kappa shape index (κ1) is 12.4. The first-order chi connectivity index (χ1) is 6.97. The summed E-state index contributed by atoms with van der Waals surface area (Å²) in [5.74, 6) is 0.373. The van der Waals surface area contributed by atoms with Gasteiger partial charge in [0, 0.05) is 19.2 Å². The molecule has 6 heteroatoms. The summed E-state index contributed by atoms with van der Waals surface area (Å²) in [5.41, 5.74) is 0. The molecule has 0 aromatic carbocycles. The average molecular weight is 234 g/mol. The molecule has 0 spiro atoms. The highest BCUT2D eigenvalue weighted by Crippen LogP contribution is 2.11. The van der Waals surface area contributed by atoms with Crippen LogP contribution in [-0.4, -0.2) is 46.0 Å². The van der Waals surface area contributed by atoms with E-state index in [1.807, 2.05) is 0 Å². The third-order valence-corrected chi connectivity index (χ3v) is 3.38. The molecule has 1 unspecified atom stereocenters. The van der Waals surface area contributed by atoms with Crippen molar-refractivity contribution >= 4 is 15.7 Å². The van der Waals surface area contributed by atoms with E-state index in [1.54, 1.807) is 0 Å². The zero-order chi connectivity index (χ0) is 11.3. The van der Waals surface area contributed by atoms with Crippen LogP contribution in [0.4, 0.5) is 0 Å². The first-order valence-electron chi connectivity index (χ1n) is 5.12. The number of hydrogen-bond acceptors (Lipinski definition) is 4. The Morgan fingerprint density at radius 1 is 1.53 bits per heavy atom. The number of rotatable bonds is 5. The summed E-state index contributed by atoms with van der Waals surface area (Å²) in [6.45, 7) is 2.08. The van der Waals surface area contributed by atoms with Crippen molar-refractivity contribution in [1.82, 2.24) is 10.6 Å². The molecule has 1 atom stereocenters. The fraction of sp³-hybridized carbons (Fsp3) is 0.889. The molecule has 1 rings (SSSR count). The van der Waals surface area contributed by atoms with Crippen LogP contribution in [0, 0.1) is 5.92 Å². The Balaban J connectivity index is 2.13. The second-order valence-electron chi connectivity index (χ2n) is 4.04. The number of nitrogens with one attached hydrogen (secondary N) is 2. The summed E-state index contributed by atoms with van der Waals surface area (Å²) in [5, 5.41) is 5.80. The predicted octanol–water partition coefficient (Wildman–Crippen LogP) is -0.853. The highest BCUT2D eigenvalue weighted by atomic mass is 32.2. The number of sulfone groups is 1. The van der Waals surface area contributed by atoms with Crippen LogP contribution in [0.25, 0.3) is 0 Å². The molecular formula is C9H18N2O3S. The van der Waals surface area contributed by atoms with E-state index in [9.17, 15) is 13.2 Å². The van der Waals surface area contributed by atoms with Gasteiger partial charge in [0.05, 0.1) is 5.75 Å². The Kier molecular flexibility index (Phi) is 4.53. The second kappa shape index (κ2) is 5.46. The van der Waals surface area contributed by atoms with Gasteiger partial charge in [0.1, 0.15) is 9.84 Å². The molecule has 1 amide bonds. The van der Waals surface area contributed by atoms with Gasteiger partial charge in [0.15, 0.2) is 0 Å². The van der Waals surface area contributed by atoms with E-state index >= 15 is 0 Å². The highest BCUT2D eigenvalue weighted by molar-refractivity contribution is 7.90. The van der Waals surface area contributed by atoms with Crippen molar-refractivity contribution in [3.8, 4) is 0 Å². The van der Waals surface area contributed by atoms with Crippen molar-refractivity contribution in [2.75, 3.05) is 31.6 Å². The smallest absolute Gasteiger partial charge is 0.220 e. The van der Waals surface area contributed by atoms with Crippen LogP contribution in [0.2, 0.25) is 0 Å². The van der Waals surface area contributed by atoms with E-state index in [-0.39, 0.29) is 18.2 Å². The van der Waals surface area contributed by atoms with Crippen LogP contribution in [0.5, 0.6) is 0 Å². The lowest BCUT2D eigenvalue weighted by molar-refractivity contribution is -0.121.